The van der Waals surface area contributed by atoms with Gasteiger partial charge in [0, 0.05) is 26.7 Å². The van der Waals surface area contributed by atoms with Gasteiger partial charge < -0.3 is 20.9 Å². The van der Waals surface area contributed by atoms with E-state index in [1.165, 1.54) is 0 Å². The van der Waals surface area contributed by atoms with Crippen LogP contribution >= 0.6 is 0 Å². The third-order valence-corrected chi connectivity index (χ3v) is 2.30. The number of hydrogen-bond donors (Lipinski definition) is 3. The molecule has 0 spiro atoms. The molecule has 0 radical (unpaired) electrons. The molecule has 1 atom stereocenters. The van der Waals surface area contributed by atoms with E-state index >= 15 is 0 Å². The second-order valence-electron chi connectivity index (χ2n) is 4.07. The van der Waals surface area contributed by atoms with Crippen molar-refractivity contribution in [3.63, 3.8) is 0 Å². The van der Waals surface area contributed by atoms with Crippen molar-refractivity contribution >= 4 is 11.5 Å². The zero-order chi connectivity index (χ0) is 12.0. The van der Waals surface area contributed by atoms with E-state index in [0.717, 1.165) is 5.69 Å². The quantitative estimate of drug-likeness (QED) is 0.669. The third-order valence-electron chi connectivity index (χ3n) is 2.30. The first-order chi connectivity index (χ1) is 7.53. The van der Waals surface area contributed by atoms with E-state index in [1.807, 2.05) is 6.07 Å². The predicted molar refractivity (Wildman–Crippen MR) is 64.3 cm³/mol. The average molecular weight is 225 g/mol. The number of nitrogens with one attached hydrogen (secondary N) is 1. The molecular weight excluding hydrogens is 206 g/mol. The molecule has 1 heterocycles. The Hall–Kier alpha value is -1.33. The molecule has 5 nitrogen and oxygen atoms in total. The molecule has 0 aliphatic carbocycles. The van der Waals surface area contributed by atoms with E-state index in [0.29, 0.717) is 25.4 Å². The largest absolute Gasteiger partial charge is 0.388 e. The highest BCUT2D eigenvalue weighted by Gasteiger charge is 2.19. The molecule has 0 bridgehead atoms. The fraction of sp³-hybridized carbons (Fsp3) is 0.545. The van der Waals surface area contributed by atoms with Gasteiger partial charge in [-0.05, 0) is 19.1 Å². The fourth-order valence-corrected chi connectivity index (χ4v) is 1.21. The van der Waals surface area contributed by atoms with E-state index in [-0.39, 0.29) is 0 Å². The predicted octanol–water partition coefficient (Wildman–Crippen LogP) is 0.863. The molecule has 1 unspecified atom stereocenters. The fourth-order valence-electron chi connectivity index (χ4n) is 1.21. The van der Waals surface area contributed by atoms with Crippen molar-refractivity contribution in [3.8, 4) is 0 Å². The molecule has 90 valence electrons. The highest BCUT2D eigenvalue weighted by molar-refractivity contribution is 5.45. The van der Waals surface area contributed by atoms with Crippen LogP contribution in [-0.2, 0) is 4.74 Å². The summed E-state index contributed by atoms with van der Waals surface area (Å²) in [6.07, 6.45) is 2.22. The van der Waals surface area contributed by atoms with E-state index in [4.69, 9.17) is 10.5 Å². The van der Waals surface area contributed by atoms with Gasteiger partial charge in [0.2, 0.25) is 0 Å². The molecule has 0 fully saturated rings. The summed E-state index contributed by atoms with van der Waals surface area (Å²) in [5.41, 5.74) is 5.52. The molecular formula is C11H19N3O2. The molecule has 16 heavy (non-hydrogen) atoms. The van der Waals surface area contributed by atoms with Crippen molar-refractivity contribution in [2.24, 2.45) is 0 Å². The Balaban J connectivity index is 2.41. The number of rotatable bonds is 6. The Kier molecular flexibility index (Phi) is 4.52. The number of aromatic nitrogens is 1. The van der Waals surface area contributed by atoms with Crippen molar-refractivity contribution in [1.29, 1.82) is 0 Å². The van der Waals surface area contributed by atoms with Gasteiger partial charge in [-0.25, -0.2) is 4.98 Å². The Morgan fingerprint density at radius 3 is 2.88 bits per heavy atom. The maximum Gasteiger partial charge on any atom is 0.123 e. The summed E-state index contributed by atoms with van der Waals surface area (Å²) in [7, 11) is 1.62. The Morgan fingerprint density at radius 2 is 2.31 bits per heavy atom. The summed E-state index contributed by atoms with van der Waals surface area (Å²) in [6.45, 7) is 2.75. The number of ether oxygens (including phenoxy) is 1. The van der Waals surface area contributed by atoms with Crippen LogP contribution in [0, 0.1) is 0 Å². The van der Waals surface area contributed by atoms with Crippen molar-refractivity contribution in [2.75, 3.05) is 31.3 Å². The summed E-state index contributed by atoms with van der Waals surface area (Å²) < 4.78 is 4.93. The molecule has 0 aliphatic rings. The molecule has 0 aliphatic heterocycles. The maximum absolute atomic E-state index is 9.97. The molecule has 5 heteroatoms. The molecule has 1 aromatic heterocycles. The maximum atomic E-state index is 9.97. The number of nitrogens with two attached hydrogens (primary N) is 1. The number of nitrogen functional groups attached to an aromatic ring is 1. The lowest BCUT2D eigenvalue weighted by Gasteiger charge is -2.23. The topological polar surface area (TPSA) is 80.4 Å². The van der Waals surface area contributed by atoms with Gasteiger partial charge in [-0.1, -0.05) is 0 Å². The van der Waals surface area contributed by atoms with Gasteiger partial charge in [-0.3, -0.25) is 0 Å². The molecule has 0 saturated heterocycles. The van der Waals surface area contributed by atoms with E-state index < -0.39 is 5.60 Å². The lowest BCUT2D eigenvalue weighted by molar-refractivity contribution is 0.0357. The Bertz CT molecular complexity index is 312. The van der Waals surface area contributed by atoms with Crippen LogP contribution in [-0.4, -0.2) is 36.0 Å². The summed E-state index contributed by atoms with van der Waals surface area (Å²) in [4.78, 5) is 3.95. The number of nitrogens with zero attached hydrogens (tertiary/aromatic N) is 1. The van der Waals surface area contributed by atoms with Crippen molar-refractivity contribution in [2.45, 2.75) is 18.9 Å². The zero-order valence-electron chi connectivity index (χ0n) is 9.73. The summed E-state index contributed by atoms with van der Waals surface area (Å²) in [5, 5.41) is 13.1. The van der Waals surface area contributed by atoms with Gasteiger partial charge in [0.25, 0.3) is 0 Å². The Morgan fingerprint density at radius 1 is 1.56 bits per heavy atom. The zero-order valence-corrected chi connectivity index (χ0v) is 9.73. The van der Waals surface area contributed by atoms with E-state index in [9.17, 15) is 5.11 Å². The number of hydrogen-bond acceptors (Lipinski definition) is 5. The van der Waals surface area contributed by atoms with Crippen LogP contribution in [0.4, 0.5) is 11.5 Å². The highest BCUT2D eigenvalue weighted by Crippen LogP contribution is 2.12. The standard InChI is InChI=1S/C11H19N3O2/c1-11(15,5-6-16-2)8-14-9-3-4-10(12)13-7-9/h3-4,7,14-15H,5-6,8H2,1-2H3,(H2,12,13). The van der Waals surface area contributed by atoms with Crippen LogP contribution in [0.3, 0.4) is 0 Å². The van der Waals surface area contributed by atoms with Crippen LogP contribution in [0.1, 0.15) is 13.3 Å². The number of pyridine rings is 1. The first kappa shape index (κ1) is 12.7. The first-order valence-corrected chi connectivity index (χ1v) is 5.20. The Labute approximate surface area is 95.6 Å². The van der Waals surface area contributed by atoms with E-state index in [2.05, 4.69) is 10.3 Å². The van der Waals surface area contributed by atoms with Gasteiger partial charge >= 0.3 is 0 Å². The smallest absolute Gasteiger partial charge is 0.123 e. The monoisotopic (exact) mass is 225 g/mol. The van der Waals surface area contributed by atoms with Crippen LogP contribution in [0.15, 0.2) is 18.3 Å². The molecule has 0 saturated carbocycles. The minimum atomic E-state index is -0.794. The summed E-state index contributed by atoms with van der Waals surface area (Å²) in [6, 6.07) is 3.54. The number of anilines is 2. The second-order valence-corrected chi connectivity index (χ2v) is 4.07. The summed E-state index contributed by atoms with van der Waals surface area (Å²) in [5.74, 6) is 0.483. The molecule has 4 N–H and O–H groups in total. The van der Waals surface area contributed by atoms with E-state index in [1.54, 1.807) is 26.3 Å². The minimum absolute atomic E-state index is 0.446. The third kappa shape index (κ3) is 4.46. The summed E-state index contributed by atoms with van der Waals surface area (Å²) >= 11 is 0. The van der Waals surface area contributed by atoms with Crippen LogP contribution < -0.4 is 11.1 Å². The van der Waals surface area contributed by atoms with Crippen molar-refractivity contribution in [3.05, 3.63) is 18.3 Å². The molecule has 0 amide bonds. The minimum Gasteiger partial charge on any atom is -0.388 e. The van der Waals surface area contributed by atoms with Gasteiger partial charge in [0.1, 0.15) is 5.82 Å². The number of methoxy groups -OCH3 is 1. The normalized spacial score (nSPS) is 14.4. The van der Waals surface area contributed by atoms with Gasteiger partial charge in [0.05, 0.1) is 17.5 Å². The lowest BCUT2D eigenvalue weighted by atomic mass is 10.0. The first-order valence-electron chi connectivity index (χ1n) is 5.20. The van der Waals surface area contributed by atoms with Crippen LogP contribution in [0.2, 0.25) is 0 Å². The molecule has 0 aromatic carbocycles. The SMILES string of the molecule is COCCC(C)(O)CNc1ccc(N)nc1. The average Bonchev–Trinajstić information content (AvgIpc) is 2.26. The van der Waals surface area contributed by atoms with Crippen molar-refractivity contribution < 1.29 is 9.84 Å². The van der Waals surface area contributed by atoms with Gasteiger partial charge in [-0.2, -0.15) is 0 Å². The van der Waals surface area contributed by atoms with Gasteiger partial charge in [-0.15, -0.1) is 0 Å². The van der Waals surface area contributed by atoms with Crippen LogP contribution in [0.25, 0.3) is 0 Å². The number of aliphatic hydroxyl groups is 1. The second kappa shape index (κ2) is 5.67. The van der Waals surface area contributed by atoms with Crippen LogP contribution in [0.5, 0.6) is 0 Å². The highest BCUT2D eigenvalue weighted by atomic mass is 16.5. The molecule has 1 rings (SSSR count). The van der Waals surface area contributed by atoms with Crippen molar-refractivity contribution in [1.82, 2.24) is 4.98 Å². The molecule has 1 aromatic rings. The van der Waals surface area contributed by atoms with Gasteiger partial charge in [0.15, 0.2) is 0 Å². The lowest BCUT2D eigenvalue weighted by Crippen LogP contribution is -2.34.